The third-order valence-electron chi connectivity index (χ3n) is 8.42. The molecule has 1 aliphatic heterocycles. The summed E-state index contributed by atoms with van der Waals surface area (Å²) < 4.78 is 11.6. The molecule has 2 heterocycles. The number of hydrogen-bond donors (Lipinski definition) is 4. The minimum Gasteiger partial charge on any atom is -0.429 e. The van der Waals surface area contributed by atoms with Crippen LogP contribution in [-0.2, 0) is 30.5 Å². The first kappa shape index (κ1) is 41.1. The number of hydrogen-bond acceptors (Lipinski definition) is 12. The van der Waals surface area contributed by atoms with Crippen molar-refractivity contribution in [3.8, 4) is 5.75 Å². The molecule has 55 heavy (non-hydrogen) atoms. The minimum atomic E-state index is -1.01. The van der Waals surface area contributed by atoms with E-state index in [1.165, 1.54) is 46.0 Å². The molecule has 0 radical (unpaired) electrons. The Morgan fingerprint density at radius 1 is 0.945 bits per heavy atom. The van der Waals surface area contributed by atoms with Gasteiger partial charge in [0.25, 0.3) is 17.5 Å². The maximum atomic E-state index is 13.6. The van der Waals surface area contributed by atoms with E-state index in [-0.39, 0.29) is 61.1 Å². The Morgan fingerprint density at radius 2 is 1.64 bits per heavy atom. The van der Waals surface area contributed by atoms with Crippen LogP contribution >= 0.6 is 0 Å². The molecule has 0 saturated carbocycles. The number of rotatable bonds is 20. The Labute approximate surface area is 315 Å². The largest absolute Gasteiger partial charge is 0.514 e. The van der Waals surface area contributed by atoms with Crippen molar-refractivity contribution >= 4 is 47.2 Å². The maximum Gasteiger partial charge on any atom is 0.514 e. The van der Waals surface area contributed by atoms with Gasteiger partial charge in [-0.25, -0.2) is 14.3 Å². The second kappa shape index (κ2) is 20.0. The van der Waals surface area contributed by atoms with Crippen molar-refractivity contribution in [3.05, 3.63) is 88.3 Å². The van der Waals surface area contributed by atoms with Crippen LogP contribution in [0, 0.1) is 16.0 Å². The second-order valence-electron chi connectivity index (χ2n) is 12.9. The normalized spacial score (nSPS) is 13.3. The molecule has 5 N–H and O–H groups in total. The van der Waals surface area contributed by atoms with E-state index < -0.39 is 35.1 Å². The molecule has 0 unspecified atom stereocenters. The van der Waals surface area contributed by atoms with Gasteiger partial charge in [-0.3, -0.25) is 34.2 Å². The van der Waals surface area contributed by atoms with Crippen LogP contribution in [0.4, 0.5) is 21.0 Å². The van der Waals surface area contributed by atoms with E-state index in [0.29, 0.717) is 49.2 Å². The fraction of sp³-hybridized carbons (Fsp3) is 0.389. The lowest BCUT2D eigenvalue weighted by Crippen LogP contribution is -2.32. The lowest BCUT2D eigenvalue weighted by atomic mass is 10.0. The molecule has 19 heteroatoms. The number of primary amides is 1. The van der Waals surface area contributed by atoms with E-state index >= 15 is 0 Å². The summed E-state index contributed by atoms with van der Waals surface area (Å²) in [6.45, 7) is 4.20. The number of anilines is 1. The smallest absolute Gasteiger partial charge is 0.429 e. The fourth-order valence-corrected chi connectivity index (χ4v) is 5.50. The summed E-state index contributed by atoms with van der Waals surface area (Å²) in [5.41, 5.74) is 6.51. The van der Waals surface area contributed by atoms with Crippen LogP contribution in [0.1, 0.15) is 75.7 Å². The molecule has 0 aliphatic carbocycles. The van der Waals surface area contributed by atoms with Crippen LogP contribution < -0.4 is 26.4 Å². The molecule has 1 aromatic heterocycles. The van der Waals surface area contributed by atoms with Crippen LogP contribution in [0.25, 0.3) is 0 Å². The van der Waals surface area contributed by atoms with Gasteiger partial charge in [-0.15, -0.1) is 5.10 Å². The van der Waals surface area contributed by atoms with Crippen molar-refractivity contribution < 1.29 is 43.2 Å². The molecule has 0 fully saturated rings. The average Bonchev–Trinajstić information content (AvgIpc) is 3.75. The number of nitrogens with one attached hydrogen (secondary N) is 3. The number of nitrogens with zero attached hydrogens (tertiary/aromatic N) is 5. The van der Waals surface area contributed by atoms with Crippen molar-refractivity contribution in [1.82, 2.24) is 30.5 Å². The van der Waals surface area contributed by atoms with Gasteiger partial charge in [0.15, 0.2) is 0 Å². The Balaban J connectivity index is 1.32. The molecule has 19 nitrogen and oxygen atoms in total. The van der Waals surface area contributed by atoms with Gasteiger partial charge in [0.1, 0.15) is 24.1 Å². The quantitative estimate of drug-likeness (QED) is 0.0320. The highest BCUT2D eigenvalue weighted by Gasteiger charge is 2.27. The number of nitrogens with two attached hydrogens (primary N) is 1. The molecule has 0 saturated heterocycles. The van der Waals surface area contributed by atoms with E-state index in [1.807, 2.05) is 13.8 Å². The highest BCUT2D eigenvalue weighted by atomic mass is 16.7. The number of unbranched alkanes of at least 4 members (excludes halogenated alkanes) is 2. The Hall–Kier alpha value is -6.66. The number of carbonyl (C=O) groups is 6. The molecule has 292 valence electrons. The molecular weight excluding hydrogens is 718 g/mol. The predicted molar refractivity (Wildman–Crippen MR) is 195 cm³/mol. The van der Waals surface area contributed by atoms with E-state index in [1.54, 1.807) is 30.5 Å². The molecule has 1 aliphatic rings. The van der Waals surface area contributed by atoms with Crippen LogP contribution in [0.3, 0.4) is 0 Å². The number of nitro benzene ring substituents is 1. The van der Waals surface area contributed by atoms with Gasteiger partial charge in [-0.05, 0) is 61.4 Å². The highest BCUT2D eigenvalue weighted by Crippen LogP contribution is 2.24. The number of imide groups is 1. The molecule has 6 amide bonds. The SMILES string of the molecule is CC(C)[C@H](NC(=O)CCCCCN1C(=O)C=CC1=O)c1cn([C@@H](CCCNC(N)=O)C(=O)Nc2ccc(COC(=O)Oc3ccc([N+](=O)[O-])cc3)cc2)nn1. The summed E-state index contributed by atoms with van der Waals surface area (Å²) in [6.07, 6.45) is 5.71. The molecular formula is C36H43N9O10. The van der Waals surface area contributed by atoms with E-state index in [2.05, 4.69) is 26.3 Å². The Kier molecular flexibility index (Phi) is 14.9. The van der Waals surface area contributed by atoms with Crippen molar-refractivity contribution in [1.29, 1.82) is 0 Å². The lowest BCUT2D eigenvalue weighted by Gasteiger charge is -2.20. The number of aromatic nitrogens is 3. The topological polar surface area (TPSA) is 260 Å². The van der Waals surface area contributed by atoms with Gasteiger partial charge in [-0.1, -0.05) is 37.6 Å². The zero-order chi connectivity index (χ0) is 39.9. The number of ether oxygens (including phenoxy) is 2. The van der Waals surface area contributed by atoms with Gasteiger partial charge < -0.3 is 31.2 Å². The second-order valence-corrected chi connectivity index (χ2v) is 12.9. The molecule has 0 spiro atoms. The van der Waals surface area contributed by atoms with Crippen molar-refractivity contribution in [2.24, 2.45) is 11.7 Å². The van der Waals surface area contributed by atoms with Gasteiger partial charge in [0, 0.05) is 49.5 Å². The van der Waals surface area contributed by atoms with E-state index in [9.17, 15) is 38.9 Å². The number of urea groups is 1. The Morgan fingerprint density at radius 3 is 2.27 bits per heavy atom. The fourth-order valence-electron chi connectivity index (χ4n) is 5.50. The van der Waals surface area contributed by atoms with Crippen LogP contribution in [-0.4, -0.2) is 73.7 Å². The number of benzene rings is 2. The van der Waals surface area contributed by atoms with Crippen LogP contribution in [0.15, 0.2) is 66.9 Å². The van der Waals surface area contributed by atoms with Crippen LogP contribution in [0.2, 0.25) is 0 Å². The van der Waals surface area contributed by atoms with E-state index in [0.717, 1.165) is 0 Å². The monoisotopic (exact) mass is 761 g/mol. The minimum absolute atomic E-state index is 0.0762. The summed E-state index contributed by atoms with van der Waals surface area (Å²) in [5.74, 6) is -1.29. The third kappa shape index (κ3) is 12.8. The number of carbonyl (C=O) groups excluding carboxylic acids is 6. The molecule has 2 atom stereocenters. The predicted octanol–water partition coefficient (Wildman–Crippen LogP) is 3.83. The van der Waals surface area contributed by atoms with Crippen LogP contribution in [0.5, 0.6) is 5.75 Å². The molecule has 4 rings (SSSR count). The summed E-state index contributed by atoms with van der Waals surface area (Å²) in [5, 5.41) is 27.6. The summed E-state index contributed by atoms with van der Waals surface area (Å²) in [6, 6.07) is 9.38. The van der Waals surface area contributed by atoms with E-state index in [4.69, 9.17) is 15.2 Å². The average molecular weight is 762 g/mol. The first-order valence-corrected chi connectivity index (χ1v) is 17.6. The standard InChI is InChI=1S/C36H43N9O10/c1-23(2)33(40-30(46)8-4-3-5-20-43-31(47)17-18-32(43)48)28-21-44(42-41-28)29(7-6-19-38-35(37)50)34(49)39-25-11-9-24(10-12-25)22-54-36(51)55-27-15-13-26(14-16-27)45(52)53/h9-18,21,23,29,33H,3-8,19-20,22H2,1-2H3,(H,39,49)(H,40,46)(H3,37,38,50)/t29-,33-/m0/s1. The molecule has 2 aromatic carbocycles. The Bertz CT molecular complexity index is 1860. The van der Waals surface area contributed by atoms with Gasteiger partial charge in [0.05, 0.1) is 17.2 Å². The third-order valence-corrected chi connectivity index (χ3v) is 8.42. The molecule has 0 bridgehead atoms. The van der Waals surface area contributed by atoms with Crippen molar-refractivity contribution in [2.45, 2.75) is 71.1 Å². The van der Waals surface area contributed by atoms with Crippen molar-refractivity contribution in [2.75, 3.05) is 18.4 Å². The molecule has 3 aromatic rings. The van der Waals surface area contributed by atoms with Gasteiger partial charge in [0.2, 0.25) is 11.8 Å². The summed E-state index contributed by atoms with van der Waals surface area (Å²) >= 11 is 0. The number of nitro groups is 1. The number of non-ortho nitro benzene ring substituents is 1. The summed E-state index contributed by atoms with van der Waals surface area (Å²) in [4.78, 5) is 84.6. The highest BCUT2D eigenvalue weighted by molar-refractivity contribution is 6.12. The van der Waals surface area contributed by atoms with Gasteiger partial charge >= 0.3 is 12.2 Å². The van der Waals surface area contributed by atoms with Gasteiger partial charge in [-0.2, -0.15) is 0 Å². The maximum absolute atomic E-state index is 13.6. The first-order valence-electron chi connectivity index (χ1n) is 17.6. The first-order chi connectivity index (χ1) is 26.3. The van der Waals surface area contributed by atoms with Crippen molar-refractivity contribution in [3.63, 3.8) is 0 Å². The zero-order valence-corrected chi connectivity index (χ0v) is 30.3. The lowest BCUT2D eigenvalue weighted by molar-refractivity contribution is -0.384. The zero-order valence-electron chi connectivity index (χ0n) is 30.3. The number of amides is 6. The summed E-state index contributed by atoms with van der Waals surface area (Å²) in [7, 11) is 0.